The lowest BCUT2D eigenvalue weighted by atomic mass is 10.2. The summed E-state index contributed by atoms with van der Waals surface area (Å²) in [5.74, 6) is -1.17. The summed E-state index contributed by atoms with van der Waals surface area (Å²) in [5, 5.41) is 9.39. The van der Waals surface area contributed by atoms with Gasteiger partial charge in [0.05, 0.1) is 11.3 Å². The zero-order chi connectivity index (χ0) is 20.5. The Balaban J connectivity index is 2.01. The standard InChI is InChI=1S/C17H14BrNO7S2/c18-13-2-1-3-14-17(13)15(8-19(14)9-16(20)21)28(24,25)26-12-6-4-11(5-7-12)10-27(22)23/h1-8H,9-10H2,(H,20,21)(H,22,23). The van der Waals surface area contributed by atoms with Crippen LogP contribution in [0.1, 0.15) is 5.56 Å². The van der Waals surface area contributed by atoms with E-state index in [1.165, 1.54) is 35.0 Å². The predicted molar refractivity (Wildman–Crippen MR) is 106 cm³/mol. The summed E-state index contributed by atoms with van der Waals surface area (Å²) in [7, 11) is -4.27. The Morgan fingerprint density at radius 2 is 1.86 bits per heavy atom. The molecule has 0 aliphatic carbocycles. The number of aliphatic carboxylic acids is 1. The van der Waals surface area contributed by atoms with Crippen LogP contribution in [0, 0.1) is 0 Å². The molecule has 3 rings (SSSR count). The Bertz CT molecular complexity index is 1170. The van der Waals surface area contributed by atoms with E-state index in [4.69, 9.17) is 13.8 Å². The van der Waals surface area contributed by atoms with E-state index in [1.54, 1.807) is 18.2 Å². The van der Waals surface area contributed by atoms with Crippen molar-refractivity contribution in [2.45, 2.75) is 17.2 Å². The highest BCUT2D eigenvalue weighted by Gasteiger charge is 2.25. The molecule has 148 valence electrons. The van der Waals surface area contributed by atoms with E-state index >= 15 is 0 Å². The third-order valence-electron chi connectivity index (χ3n) is 3.81. The van der Waals surface area contributed by atoms with Crippen molar-refractivity contribution in [3.63, 3.8) is 0 Å². The van der Waals surface area contributed by atoms with Gasteiger partial charge in [-0.1, -0.05) is 34.1 Å². The zero-order valence-corrected chi connectivity index (χ0v) is 17.3. The Labute approximate surface area is 171 Å². The van der Waals surface area contributed by atoms with Crippen molar-refractivity contribution in [3.8, 4) is 5.75 Å². The molecule has 0 saturated heterocycles. The highest BCUT2D eigenvalue weighted by atomic mass is 79.9. The molecule has 1 unspecified atom stereocenters. The highest BCUT2D eigenvalue weighted by Crippen LogP contribution is 2.33. The number of fused-ring (bicyclic) bond motifs is 1. The molecule has 0 radical (unpaired) electrons. The average molecular weight is 488 g/mol. The van der Waals surface area contributed by atoms with Crippen LogP contribution in [0.25, 0.3) is 10.9 Å². The lowest BCUT2D eigenvalue weighted by molar-refractivity contribution is -0.137. The Kier molecular flexibility index (Phi) is 5.89. The highest BCUT2D eigenvalue weighted by molar-refractivity contribution is 9.10. The molecule has 0 fully saturated rings. The lowest BCUT2D eigenvalue weighted by Gasteiger charge is -2.07. The molecule has 0 saturated carbocycles. The van der Waals surface area contributed by atoms with Crippen molar-refractivity contribution in [3.05, 3.63) is 58.7 Å². The molecular formula is C17H14BrNO7S2. The topological polar surface area (TPSA) is 123 Å². The second-order valence-electron chi connectivity index (χ2n) is 5.80. The number of aromatic nitrogens is 1. The van der Waals surface area contributed by atoms with Crippen LogP contribution in [-0.4, -0.2) is 32.8 Å². The number of nitrogens with zero attached hydrogens (tertiary/aromatic N) is 1. The number of carboxylic acid groups (broad SMARTS) is 1. The number of hydrogen-bond acceptors (Lipinski definition) is 5. The Hall–Kier alpha value is -2.21. The molecule has 0 aliphatic heterocycles. The van der Waals surface area contributed by atoms with Crippen LogP contribution in [-0.2, 0) is 38.3 Å². The van der Waals surface area contributed by atoms with Crippen molar-refractivity contribution in [2.75, 3.05) is 0 Å². The smallest absolute Gasteiger partial charge is 0.341 e. The first-order valence-electron chi connectivity index (χ1n) is 7.77. The number of halogens is 1. The maximum Gasteiger partial charge on any atom is 0.341 e. The molecule has 11 heteroatoms. The largest absolute Gasteiger partial charge is 0.480 e. The summed E-state index contributed by atoms with van der Waals surface area (Å²) in [6, 6.07) is 10.7. The van der Waals surface area contributed by atoms with Crippen molar-refractivity contribution in [2.24, 2.45) is 0 Å². The van der Waals surface area contributed by atoms with Crippen molar-refractivity contribution in [1.82, 2.24) is 4.57 Å². The SMILES string of the molecule is O=C(O)Cn1cc(S(=O)(=O)Oc2ccc(CS(=O)O)cc2)c2c(Br)cccc21. The Morgan fingerprint density at radius 3 is 2.46 bits per heavy atom. The molecule has 2 aromatic carbocycles. The third-order valence-corrected chi connectivity index (χ3v) is 6.32. The molecule has 8 nitrogen and oxygen atoms in total. The van der Waals surface area contributed by atoms with E-state index in [0.29, 0.717) is 20.9 Å². The van der Waals surface area contributed by atoms with E-state index in [2.05, 4.69) is 15.9 Å². The van der Waals surface area contributed by atoms with Gasteiger partial charge in [-0.15, -0.1) is 0 Å². The fraction of sp³-hybridized carbons (Fsp3) is 0.118. The maximum atomic E-state index is 12.8. The van der Waals surface area contributed by atoms with E-state index in [0.717, 1.165) is 0 Å². The first-order valence-corrected chi connectivity index (χ1v) is 11.2. The number of hydrogen-bond donors (Lipinski definition) is 2. The number of benzene rings is 2. The van der Waals surface area contributed by atoms with Crippen molar-refractivity contribution in [1.29, 1.82) is 0 Å². The summed E-state index contributed by atoms with van der Waals surface area (Å²) in [6.07, 6.45) is 1.22. The second kappa shape index (κ2) is 8.03. The van der Waals surface area contributed by atoms with E-state index in [1.807, 2.05) is 0 Å². The van der Waals surface area contributed by atoms with Crippen LogP contribution in [0.3, 0.4) is 0 Å². The van der Waals surface area contributed by atoms with Crippen LogP contribution in [0.2, 0.25) is 0 Å². The van der Waals surface area contributed by atoms with Crippen LogP contribution >= 0.6 is 15.9 Å². The molecule has 28 heavy (non-hydrogen) atoms. The fourth-order valence-corrected chi connectivity index (χ4v) is 5.05. The van der Waals surface area contributed by atoms with Crippen LogP contribution in [0.4, 0.5) is 0 Å². The van der Waals surface area contributed by atoms with Gasteiger partial charge in [-0.25, -0.2) is 4.21 Å². The minimum Gasteiger partial charge on any atom is -0.480 e. The molecule has 0 amide bonds. The molecule has 1 atom stereocenters. The van der Waals surface area contributed by atoms with E-state index in [-0.39, 0.29) is 16.4 Å². The van der Waals surface area contributed by atoms with Gasteiger partial charge in [0.25, 0.3) is 0 Å². The van der Waals surface area contributed by atoms with Gasteiger partial charge in [0.1, 0.15) is 17.2 Å². The Morgan fingerprint density at radius 1 is 1.18 bits per heavy atom. The van der Waals surface area contributed by atoms with Gasteiger partial charge < -0.3 is 18.4 Å². The van der Waals surface area contributed by atoms with Gasteiger partial charge >= 0.3 is 16.1 Å². The minimum atomic E-state index is -4.27. The van der Waals surface area contributed by atoms with Crippen molar-refractivity contribution >= 4 is 54.0 Å². The predicted octanol–water partition coefficient (Wildman–Crippen LogP) is 2.98. The van der Waals surface area contributed by atoms with Gasteiger partial charge in [-0.2, -0.15) is 8.42 Å². The summed E-state index contributed by atoms with van der Waals surface area (Å²) in [5.41, 5.74) is 0.978. The van der Waals surface area contributed by atoms with Crippen LogP contribution in [0.15, 0.2) is 58.0 Å². The fourth-order valence-electron chi connectivity index (χ4n) is 2.69. The van der Waals surface area contributed by atoms with Gasteiger partial charge in [0, 0.05) is 16.1 Å². The maximum absolute atomic E-state index is 12.8. The summed E-state index contributed by atoms with van der Waals surface area (Å²) in [6.45, 7) is -0.407. The molecule has 3 aromatic rings. The quantitative estimate of drug-likeness (QED) is 0.387. The summed E-state index contributed by atoms with van der Waals surface area (Å²) in [4.78, 5) is 10.9. The monoisotopic (exact) mass is 487 g/mol. The molecular weight excluding hydrogens is 474 g/mol. The first kappa shape index (κ1) is 20.5. The van der Waals surface area contributed by atoms with Crippen LogP contribution in [0.5, 0.6) is 5.75 Å². The number of carboxylic acids is 1. The number of carbonyl (C=O) groups is 1. The van der Waals surface area contributed by atoms with Gasteiger partial charge in [0.2, 0.25) is 0 Å². The second-order valence-corrected chi connectivity index (χ2v) is 9.10. The molecule has 1 aromatic heterocycles. The van der Waals surface area contributed by atoms with E-state index < -0.39 is 33.7 Å². The van der Waals surface area contributed by atoms with Gasteiger partial charge in [0.15, 0.2) is 11.1 Å². The third kappa shape index (κ3) is 4.43. The first-order chi connectivity index (χ1) is 13.2. The number of rotatable bonds is 7. The zero-order valence-electron chi connectivity index (χ0n) is 14.1. The van der Waals surface area contributed by atoms with Crippen molar-refractivity contribution < 1.29 is 31.3 Å². The van der Waals surface area contributed by atoms with Crippen LogP contribution < -0.4 is 4.18 Å². The van der Waals surface area contributed by atoms with E-state index in [9.17, 15) is 17.4 Å². The molecule has 0 bridgehead atoms. The molecule has 0 spiro atoms. The minimum absolute atomic E-state index is 0.0265. The summed E-state index contributed by atoms with van der Waals surface area (Å²) >= 11 is 1.30. The van der Waals surface area contributed by atoms with Gasteiger partial charge in [-0.05, 0) is 29.8 Å². The average Bonchev–Trinajstić information content (AvgIpc) is 2.96. The molecule has 0 aliphatic rings. The summed E-state index contributed by atoms with van der Waals surface area (Å²) < 4.78 is 52.4. The molecule has 1 heterocycles. The molecule has 2 N–H and O–H groups in total. The lowest BCUT2D eigenvalue weighted by Crippen LogP contribution is -2.10. The normalized spacial score (nSPS) is 12.8. The van der Waals surface area contributed by atoms with Gasteiger partial charge in [-0.3, -0.25) is 4.79 Å².